The fourth-order valence-electron chi connectivity index (χ4n) is 4.20. The normalized spacial score (nSPS) is 15.7. The van der Waals surface area contributed by atoms with E-state index >= 15 is 0 Å². The number of carbonyl (C=O) groups is 1. The van der Waals surface area contributed by atoms with Crippen LogP contribution < -0.4 is 5.32 Å². The minimum absolute atomic E-state index is 0.0658. The number of nitrogens with one attached hydrogen (secondary N) is 1. The van der Waals surface area contributed by atoms with Gasteiger partial charge in [0.05, 0.1) is 11.9 Å². The molecule has 0 bridgehead atoms. The molecule has 8 heteroatoms. The first-order chi connectivity index (χ1) is 15.8. The molecule has 1 atom stereocenters. The van der Waals surface area contributed by atoms with E-state index in [-0.39, 0.29) is 17.4 Å². The lowest BCUT2D eigenvalue weighted by atomic mass is 9.91. The van der Waals surface area contributed by atoms with E-state index in [0.717, 1.165) is 47.3 Å². The van der Waals surface area contributed by atoms with Crippen molar-refractivity contribution >= 4 is 16.3 Å². The molecule has 1 N–H and O–H groups in total. The summed E-state index contributed by atoms with van der Waals surface area (Å²) in [6, 6.07) is 16.6. The number of aromatic nitrogens is 2. The van der Waals surface area contributed by atoms with Gasteiger partial charge < -0.3 is 5.32 Å². The van der Waals surface area contributed by atoms with Gasteiger partial charge in [0.1, 0.15) is 11.5 Å². The number of halogens is 1. The Balaban J connectivity index is 0.000000286. The van der Waals surface area contributed by atoms with Crippen LogP contribution in [0, 0.1) is 5.82 Å². The molecule has 6 nitrogen and oxygen atoms in total. The van der Waals surface area contributed by atoms with E-state index in [1.807, 2.05) is 25.2 Å². The summed E-state index contributed by atoms with van der Waals surface area (Å²) in [5, 5.41) is 7.11. The van der Waals surface area contributed by atoms with Crippen molar-refractivity contribution in [3.63, 3.8) is 0 Å². The largest absolute Gasteiger partial charge is 0.316 e. The van der Waals surface area contributed by atoms with Crippen LogP contribution in [-0.4, -0.2) is 37.2 Å². The lowest BCUT2D eigenvalue weighted by Gasteiger charge is -2.17. The quantitative estimate of drug-likeness (QED) is 0.432. The van der Waals surface area contributed by atoms with E-state index in [9.17, 15) is 17.6 Å². The van der Waals surface area contributed by atoms with Gasteiger partial charge >= 0.3 is 0 Å². The van der Waals surface area contributed by atoms with Gasteiger partial charge in [0.2, 0.25) is 0 Å². The molecular weight excluding hydrogens is 441 g/mol. The van der Waals surface area contributed by atoms with E-state index in [1.165, 1.54) is 17.7 Å². The third-order valence-electron chi connectivity index (χ3n) is 5.68. The third-order valence-corrected chi connectivity index (χ3v) is 6.59. The fraction of sp³-hybridized carbons (Fsp3) is 0.360. The third kappa shape index (κ3) is 6.58. The molecule has 1 aromatic heterocycles. The average Bonchev–Trinajstić information content (AvgIpc) is 3.06. The maximum Gasteiger partial charge on any atom is 0.251 e. The fourth-order valence-corrected chi connectivity index (χ4v) is 5.05. The molecule has 176 valence electrons. The average molecular weight is 472 g/mol. The van der Waals surface area contributed by atoms with Crippen molar-refractivity contribution < 1.29 is 17.6 Å². The smallest absolute Gasteiger partial charge is 0.251 e. The SMILES string of the molecule is CNCc1ccccc1.CS(=O)(=O)n1nc(C=O)c2c1C(Cc1ccc(F)cc1)CCCC2. The monoisotopic (exact) mass is 471 g/mol. The first-order valence-electron chi connectivity index (χ1n) is 11.0. The van der Waals surface area contributed by atoms with E-state index in [4.69, 9.17) is 0 Å². The number of benzene rings is 2. The van der Waals surface area contributed by atoms with Crippen LogP contribution in [0.4, 0.5) is 4.39 Å². The molecule has 1 unspecified atom stereocenters. The van der Waals surface area contributed by atoms with Crippen LogP contribution in [0.15, 0.2) is 54.6 Å². The highest BCUT2D eigenvalue weighted by molar-refractivity contribution is 7.89. The van der Waals surface area contributed by atoms with Gasteiger partial charge in [-0.15, -0.1) is 0 Å². The molecule has 0 aliphatic heterocycles. The molecule has 1 heterocycles. The van der Waals surface area contributed by atoms with Crippen LogP contribution in [0.1, 0.15) is 58.1 Å². The lowest BCUT2D eigenvalue weighted by Crippen LogP contribution is -2.19. The van der Waals surface area contributed by atoms with E-state index < -0.39 is 10.0 Å². The van der Waals surface area contributed by atoms with Crippen LogP contribution in [0.2, 0.25) is 0 Å². The highest BCUT2D eigenvalue weighted by Crippen LogP contribution is 2.35. The molecule has 0 amide bonds. The first kappa shape index (κ1) is 24.8. The van der Waals surface area contributed by atoms with E-state index in [1.54, 1.807) is 12.1 Å². The summed E-state index contributed by atoms with van der Waals surface area (Å²) in [6.07, 6.45) is 5.61. The minimum atomic E-state index is -3.59. The van der Waals surface area contributed by atoms with Gasteiger partial charge in [-0.2, -0.15) is 9.19 Å². The molecule has 0 saturated carbocycles. The van der Waals surface area contributed by atoms with Crippen molar-refractivity contribution in [2.75, 3.05) is 13.3 Å². The van der Waals surface area contributed by atoms with Crippen molar-refractivity contribution in [2.45, 2.75) is 44.6 Å². The predicted octanol–water partition coefficient (Wildman–Crippen LogP) is 4.10. The van der Waals surface area contributed by atoms with Crippen molar-refractivity contribution in [1.29, 1.82) is 0 Å². The van der Waals surface area contributed by atoms with Crippen LogP contribution >= 0.6 is 0 Å². The van der Waals surface area contributed by atoms with Crippen molar-refractivity contribution in [3.05, 3.63) is 88.5 Å². The molecule has 0 spiro atoms. The standard InChI is InChI=1S/C17H19FN2O3S.C8H11N/c1-24(22,23)20-17-13(10-12-6-8-14(18)9-7-12)4-2-3-5-15(17)16(11-21)19-20;1-9-7-8-5-3-2-4-6-8/h6-9,11,13H,2-5,10H2,1H3;2-6,9H,7H2,1H3. The Morgan fingerprint density at radius 3 is 2.39 bits per heavy atom. The topological polar surface area (TPSA) is 81.1 Å². The number of nitrogens with zero attached hydrogens (tertiary/aromatic N) is 2. The van der Waals surface area contributed by atoms with Crippen molar-refractivity contribution in [3.8, 4) is 0 Å². The van der Waals surface area contributed by atoms with Gasteiger partial charge in [0.25, 0.3) is 10.0 Å². The second kappa shape index (κ2) is 11.3. The molecular formula is C25H30FN3O3S. The predicted molar refractivity (Wildman–Crippen MR) is 127 cm³/mol. The molecule has 0 fully saturated rings. The number of carbonyl (C=O) groups excluding carboxylic acids is 1. The number of aldehydes is 1. The maximum absolute atomic E-state index is 13.1. The summed E-state index contributed by atoms with van der Waals surface area (Å²) in [7, 11) is -1.64. The molecule has 33 heavy (non-hydrogen) atoms. The zero-order valence-corrected chi connectivity index (χ0v) is 19.8. The molecule has 2 aromatic carbocycles. The highest BCUT2D eigenvalue weighted by Gasteiger charge is 2.30. The van der Waals surface area contributed by atoms with Gasteiger partial charge in [0, 0.05) is 18.0 Å². The van der Waals surface area contributed by atoms with Crippen molar-refractivity contribution in [2.24, 2.45) is 0 Å². The molecule has 1 aliphatic carbocycles. The summed E-state index contributed by atoms with van der Waals surface area (Å²) >= 11 is 0. The molecule has 1 aliphatic rings. The van der Waals surface area contributed by atoms with Crippen LogP contribution in [-0.2, 0) is 29.4 Å². The van der Waals surface area contributed by atoms with E-state index in [0.29, 0.717) is 24.8 Å². The van der Waals surface area contributed by atoms with Gasteiger partial charge in [0.15, 0.2) is 6.29 Å². The lowest BCUT2D eigenvalue weighted by molar-refractivity contribution is 0.111. The van der Waals surface area contributed by atoms with Gasteiger partial charge in [-0.05, 0) is 56.0 Å². The first-order valence-corrected chi connectivity index (χ1v) is 12.9. The summed E-state index contributed by atoms with van der Waals surface area (Å²) < 4.78 is 38.4. The molecule has 4 rings (SSSR count). The van der Waals surface area contributed by atoms with Gasteiger partial charge in [-0.3, -0.25) is 4.79 Å². The Kier molecular flexibility index (Phi) is 8.52. The zero-order chi connectivity index (χ0) is 23.8. The Bertz CT molecular complexity index is 1160. The second-order valence-corrected chi connectivity index (χ2v) is 10.1. The summed E-state index contributed by atoms with van der Waals surface area (Å²) in [6.45, 7) is 0.959. The van der Waals surface area contributed by atoms with Crippen molar-refractivity contribution in [1.82, 2.24) is 14.5 Å². The number of rotatable bonds is 6. The molecule has 3 aromatic rings. The zero-order valence-electron chi connectivity index (χ0n) is 19.0. The summed E-state index contributed by atoms with van der Waals surface area (Å²) in [5.74, 6) is -0.367. The number of hydrogen-bond acceptors (Lipinski definition) is 5. The molecule has 0 saturated heterocycles. The number of hydrogen-bond donors (Lipinski definition) is 1. The minimum Gasteiger partial charge on any atom is -0.316 e. The summed E-state index contributed by atoms with van der Waals surface area (Å²) in [4.78, 5) is 11.3. The van der Waals surface area contributed by atoms with E-state index in [2.05, 4.69) is 22.5 Å². The number of fused-ring (bicyclic) bond motifs is 1. The Labute approximate surface area is 194 Å². The Hall–Kier alpha value is -2.84. The highest BCUT2D eigenvalue weighted by atomic mass is 32.2. The van der Waals surface area contributed by atoms with Gasteiger partial charge in [-0.1, -0.05) is 48.9 Å². The summed E-state index contributed by atoms with van der Waals surface area (Å²) in [5.41, 5.74) is 3.83. The molecule has 0 radical (unpaired) electrons. The maximum atomic E-state index is 13.1. The van der Waals surface area contributed by atoms with Crippen LogP contribution in [0.3, 0.4) is 0 Å². The van der Waals surface area contributed by atoms with Crippen LogP contribution in [0.25, 0.3) is 0 Å². The second-order valence-electron chi connectivity index (χ2n) is 8.26. The Morgan fingerprint density at radius 2 is 1.79 bits per heavy atom. The van der Waals surface area contributed by atoms with Crippen LogP contribution in [0.5, 0.6) is 0 Å². The Morgan fingerprint density at radius 1 is 1.09 bits per heavy atom. The van der Waals surface area contributed by atoms with Gasteiger partial charge in [-0.25, -0.2) is 12.8 Å².